The third kappa shape index (κ3) is 3.20. The van der Waals surface area contributed by atoms with Crippen molar-refractivity contribution < 1.29 is 9.53 Å². The van der Waals surface area contributed by atoms with E-state index in [-0.39, 0.29) is 5.97 Å². The van der Waals surface area contributed by atoms with Crippen LogP contribution in [0.15, 0.2) is 48.8 Å². The quantitative estimate of drug-likeness (QED) is 0.728. The average molecular weight is 321 g/mol. The maximum absolute atomic E-state index is 11.3. The van der Waals surface area contributed by atoms with Gasteiger partial charge in [0.25, 0.3) is 0 Å². The van der Waals surface area contributed by atoms with E-state index in [0.29, 0.717) is 13.0 Å². The molecule has 2 aromatic heterocycles. The van der Waals surface area contributed by atoms with Crippen LogP contribution in [0, 0.1) is 6.92 Å². The van der Waals surface area contributed by atoms with Gasteiger partial charge in [0, 0.05) is 29.9 Å². The molecular weight excluding hydrogens is 302 g/mol. The third-order valence-electron chi connectivity index (χ3n) is 3.91. The highest BCUT2D eigenvalue weighted by Gasteiger charge is 2.12. The van der Waals surface area contributed by atoms with Gasteiger partial charge in [-0.3, -0.25) is 9.78 Å². The summed E-state index contributed by atoms with van der Waals surface area (Å²) in [5, 5.41) is 5.36. The van der Waals surface area contributed by atoms with Crippen LogP contribution in [-0.4, -0.2) is 29.6 Å². The number of fused-ring (bicyclic) bond motifs is 1. The summed E-state index contributed by atoms with van der Waals surface area (Å²) in [5.41, 5.74) is 3.05. The summed E-state index contributed by atoms with van der Waals surface area (Å²) in [5.74, 6) is 0.519. The first-order valence-electron chi connectivity index (χ1n) is 7.81. The van der Waals surface area contributed by atoms with E-state index in [1.807, 2.05) is 36.5 Å². The number of benzene rings is 1. The molecule has 0 aliphatic carbocycles. The molecule has 3 aromatic rings. The molecule has 0 spiro atoms. The fraction of sp³-hybridized carbons (Fsp3) is 0.211. The first-order chi connectivity index (χ1) is 11.7. The highest BCUT2D eigenvalue weighted by molar-refractivity contribution is 6.03. The van der Waals surface area contributed by atoms with Crippen LogP contribution in [0.4, 0.5) is 5.82 Å². The molecule has 0 unspecified atom stereocenters. The molecule has 0 bridgehead atoms. The van der Waals surface area contributed by atoms with Crippen LogP contribution in [0.1, 0.15) is 12.0 Å². The lowest BCUT2D eigenvalue weighted by atomic mass is 9.99. The fourth-order valence-corrected chi connectivity index (χ4v) is 2.73. The number of nitrogens with one attached hydrogen (secondary N) is 1. The summed E-state index contributed by atoms with van der Waals surface area (Å²) < 4.78 is 4.66. The molecule has 0 fully saturated rings. The molecule has 0 aliphatic rings. The van der Waals surface area contributed by atoms with Crippen molar-refractivity contribution in [1.29, 1.82) is 0 Å². The molecule has 0 amide bonds. The highest BCUT2D eigenvalue weighted by atomic mass is 16.5. The molecule has 0 saturated carbocycles. The van der Waals surface area contributed by atoms with Crippen molar-refractivity contribution in [2.75, 3.05) is 19.0 Å². The van der Waals surface area contributed by atoms with Gasteiger partial charge in [0.05, 0.1) is 19.2 Å². The zero-order chi connectivity index (χ0) is 16.9. The summed E-state index contributed by atoms with van der Waals surface area (Å²) in [6.45, 7) is 2.55. The van der Waals surface area contributed by atoms with Gasteiger partial charge in [-0.25, -0.2) is 4.98 Å². The fourth-order valence-electron chi connectivity index (χ4n) is 2.73. The Kier molecular flexibility index (Phi) is 4.70. The van der Waals surface area contributed by atoms with Gasteiger partial charge >= 0.3 is 5.97 Å². The maximum Gasteiger partial charge on any atom is 0.307 e. The first kappa shape index (κ1) is 15.9. The molecule has 1 N–H and O–H groups in total. The standard InChI is InChI=1S/C19H19N3O2/c1-13-6-5-7-14-18(13)15(16-8-3-4-10-20-16)12-22-19(14)21-11-9-17(23)24-2/h3-8,10,12H,9,11H2,1-2H3,(H,21,22). The van der Waals surface area contributed by atoms with Gasteiger partial charge in [0.1, 0.15) is 5.82 Å². The number of hydrogen-bond donors (Lipinski definition) is 1. The zero-order valence-electron chi connectivity index (χ0n) is 13.7. The minimum Gasteiger partial charge on any atom is -0.469 e. The molecule has 5 heteroatoms. The number of carbonyl (C=O) groups is 1. The second-order valence-electron chi connectivity index (χ2n) is 5.49. The van der Waals surface area contributed by atoms with E-state index in [0.717, 1.165) is 33.4 Å². The highest BCUT2D eigenvalue weighted by Crippen LogP contribution is 2.32. The van der Waals surface area contributed by atoms with Crippen molar-refractivity contribution in [2.45, 2.75) is 13.3 Å². The van der Waals surface area contributed by atoms with Crippen molar-refractivity contribution in [2.24, 2.45) is 0 Å². The number of methoxy groups -OCH3 is 1. The Balaban J connectivity index is 2.02. The summed E-state index contributed by atoms with van der Waals surface area (Å²) in [6.07, 6.45) is 3.91. The van der Waals surface area contributed by atoms with Gasteiger partial charge in [0.15, 0.2) is 0 Å². The molecule has 0 radical (unpaired) electrons. The number of pyridine rings is 2. The van der Waals surface area contributed by atoms with E-state index in [2.05, 4.69) is 33.0 Å². The Bertz CT molecular complexity index is 863. The molecule has 5 nitrogen and oxygen atoms in total. The Morgan fingerprint density at radius 3 is 2.79 bits per heavy atom. The lowest BCUT2D eigenvalue weighted by molar-refractivity contribution is -0.140. The van der Waals surface area contributed by atoms with E-state index >= 15 is 0 Å². The number of anilines is 1. The molecule has 122 valence electrons. The summed E-state index contributed by atoms with van der Waals surface area (Å²) in [4.78, 5) is 20.3. The predicted octanol–water partition coefficient (Wildman–Crippen LogP) is 3.58. The predicted molar refractivity (Wildman–Crippen MR) is 94.8 cm³/mol. The monoisotopic (exact) mass is 321 g/mol. The maximum atomic E-state index is 11.3. The number of hydrogen-bond acceptors (Lipinski definition) is 5. The lowest BCUT2D eigenvalue weighted by Gasteiger charge is -2.13. The number of carbonyl (C=O) groups excluding carboxylic acids is 1. The van der Waals surface area contributed by atoms with Gasteiger partial charge < -0.3 is 10.1 Å². The molecule has 0 saturated heterocycles. The third-order valence-corrected chi connectivity index (χ3v) is 3.91. The molecule has 24 heavy (non-hydrogen) atoms. The Morgan fingerprint density at radius 2 is 2.04 bits per heavy atom. The van der Waals surface area contributed by atoms with E-state index in [1.54, 1.807) is 6.20 Å². The minimum atomic E-state index is -0.243. The first-order valence-corrected chi connectivity index (χ1v) is 7.81. The largest absolute Gasteiger partial charge is 0.469 e. The number of esters is 1. The second kappa shape index (κ2) is 7.08. The normalized spacial score (nSPS) is 10.6. The van der Waals surface area contributed by atoms with E-state index in [1.165, 1.54) is 7.11 Å². The second-order valence-corrected chi connectivity index (χ2v) is 5.49. The lowest BCUT2D eigenvalue weighted by Crippen LogP contribution is -2.11. The minimum absolute atomic E-state index is 0.243. The van der Waals surface area contributed by atoms with Gasteiger partial charge in [-0.2, -0.15) is 0 Å². The summed E-state index contributed by atoms with van der Waals surface area (Å²) >= 11 is 0. The van der Waals surface area contributed by atoms with Crippen LogP contribution in [0.3, 0.4) is 0 Å². The van der Waals surface area contributed by atoms with E-state index < -0.39 is 0 Å². The molecule has 3 rings (SSSR count). The number of aryl methyl sites for hydroxylation is 1. The number of aromatic nitrogens is 2. The molecule has 2 heterocycles. The van der Waals surface area contributed by atoms with Crippen LogP contribution in [0.2, 0.25) is 0 Å². The van der Waals surface area contributed by atoms with Gasteiger partial charge in [0.2, 0.25) is 0 Å². The number of nitrogens with zero attached hydrogens (tertiary/aromatic N) is 2. The smallest absolute Gasteiger partial charge is 0.307 e. The van der Waals surface area contributed by atoms with Crippen LogP contribution in [0.25, 0.3) is 22.0 Å². The van der Waals surface area contributed by atoms with Crippen molar-refractivity contribution in [1.82, 2.24) is 9.97 Å². The zero-order valence-corrected chi connectivity index (χ0v) is 13.7. The Hall–Kier alpha value is -2.95. The molecule has 0 atom stereocenters. The van der Waals surface area contributed by atoms with Crippen molar-refractivity contribution in [3.63, 3.8) is 0 Å². The topological polar surface area (TPSA) is 64.1 Å². The summed E-state index contributed by atoms with van der Waals surface area (Å²) in [6, 6.07) is 12.0. The van der Waals surface area contributed by atoms with Gasteiger partial charge in [-0.15, -0.1) is 0 Å². The molecule has 0 aliphatic heterocycles. The van der Waals surface area contributed by atoms with Crippen molar-refractivity contribution >= 4 is 22.6 Å². The van der Waals surface area contributed by atoms with Gasteiger partial charge in [-0.05, 0) is 30.0 Å². The average Bonchev–Trinajstić information content (AvgIpc) is 2.62. The van der Waals surface area contributed by atoms with Crippen LogP contribution >= 0.6 is 0 Å². The Morgan fingerprint density at radius 1 is 1.17 bits per heavy atom. The van der Waals surface area contributed by atoms with Crippen molar-refractivity contribution in [3.8, 4) is 11.3 Å². The molecular formula is C19H19N3O2. The van der Waals surface area contributed by atoms with E-state index in [9.17, 15) is 4.79 Å². The van der Waals surface area contributed by atoms with Crippen LogP contribution in [-0.2, 0) is 9.53 Å². The van der Waals surface area contributed by atoms with Crippen LogP contribution < -0.4 is 5.32 Å². The summed E-state index contributed by atoms with van der Waals surface area (Å²) in [7, 11) is 1.39. The molecule has 1 aromatic carbocycles. The van der Waals surface area contributed by atoms with Crippen molar-refractivity contribution in [3.05, 3.63) is 54.4 Å². The van der Waals surface area contributed by atoms with Gasteiger partial charge in [-0.1, -0.05) is 24.3 Å². The number of rotatable bonds is 5. The number of ether oxygens (including phenoxy) is 1. The van der Waals surface area contributed by atoms with Crippen LogP contribution in [0.5, 0.6) is 0 Å². The SMILES string of the molecule is COC(=O)CCNc1ncc(-c2ccccn2)c2c(C)cccc12. The van der Waals surface area contributed by atoms with E-state index in [4.69, 9.17) is 0 Å². The Labute approximate surface area is 140 Å².